The van der Waals surface area contributed by atoms with Crippen molar-refractivity contribution in [3.05, 3.63) is 30.3 Å². The molecule has 4 radical (unpaired) electrons. The van der Waals surface area contributed by atoms with Gasteiger partial charge >= 0.3 is 6.09 Å². The Morgan fingerprint density at radius 3 is 1.37 bits per heavy atom. The molecule has 0 aliphatic carbocycles. The molecule has 0 spiro atoms. The molecule has 1 aromatic rings. The number of benzene rings is 1. The topological polar surface area (TPSA) is 38.3 Å². The Labute approximate surface area is 187 Å². The van der Waals surface area contributed by atoms with Crippen LogP contribution in [-0.4, -0.2) is 35.6 Å². The molecular formula is C23H45NO2Sn. The van der Waals surface area contributed by atoms with Gasteiger partial charge in [-0.1, -0.05) is 98.3 Å². The third-order valence-corrected chi connectivity index (χ3v) is 2.92. The molecule has 4 heteroatoms. The number of para-hydroxylation sites is 1. The van der Waals surface area contributed by atoms with Crippen LogP contribution in [0.5, 0.6) is 0 Å². The first-order valence-corrected chi connectivity index (χ1v) is 10.3. The molecule has 0 aliphatic rings. The van der Waals surface area contributed by atoms with Gasteiger partial charge in [0.15, 0.2) is 0 Å². The van der Waals surface area contributed by atoms with Gasteiger partial charge in [0.2, 0.25) is 0 Å². The van der Waals surface area contributed by atoms with Gasteiger partial charge in [-0.2, -0.15) is 0 Å². The minimum atomic E-state index is -0.459. The third kappa shape index (κ3) is 36.9. The Morgan fingerprint density at radius 1 is 0.778 bits per heavy atom. The first-order chi connectivity index (χ1) is 12.2. The Balaban J connectivity index is -0.000000169. The zero-order chi connectivity index (χ0) is 20.8. The minimum absolute atomic E-state index is 0. The van der Waals surface area contributed by atoms with Gasteiger partial charge in [-0.05, 0) is 32.9 Å². The summed E-state index contributed by atoms with van der Waals surface area (Å²) in [5.41, 5.74) is 0.278. The Bertz CT molecular complexity index is 374. The molecule has 158 valence electrons. The molecule has 0 fully saturated rings. The first kappa shape index (κ1) is 33.8. The van der Waals surface area contributed by atoms with Crippen LogP contribution < -0.4 is 5.32 Å². The van der Waals surface area contributed by atoms with E-state index in [1.807, 2.05) is 51.1 Å². The first-order valence-electron chi connectivity index (χ1n) is 10.3. The van der Waals surface area contributed by atoms with Crippen molar-refractivity contribution in [2.45, 2.75) is 106 Å². The van der Waals surface area contributed by atoms with Crippen molar-refractivity contribution < 1.29 is 9.53 Å². The molecule has 0 bridgehead atoms. The molecule has 0 aliphatic heterocycles. The molecule has 1 amide bonds. The van der Waals surface area contributed by atoms with Crippen LogP contribution in [0.4, 0.5) is 10.5 Å². The number of hydrogen-bond acceptors (Lipinski definition) is 2. The molecule has 0 heterocycles. The smallest absolute Gasteiger partial charge is 0.412 e. The minimum Gasteiger partial charge on any atom is -0.444 e. The van der Waals surface area contributed by atoms with Crippen LogP contribution in [0.3, 0.4) is 0 Å². The normalized spacial score (nSPS) is 8.93. The second kappa shape index (κ2) is 25.3. The van der Waals surface area contributed by atoms with Crippen LogP contribution in [0.25, 0.3) is 0 Å². The van der Waals surface area contributed by atoms with Crippen molar-refractivity contribution in [2.75, 3.05) is 5.32 Å². The molecule has 27 heavy (non-hydrogen) atoms. The van der Waals surface area contributed by atoms with Gasteiger partial charge in [-0.25, -0.2) is 4.79 Å². The van der Waals surface area contributed by atoms with Crippen LogP contribution in [0.2, 0.25) is 0 Å². The van der Waals surface area contributed by atoms with E-state index in [1.165, 1.54) is 38.5 Å². The van der Waals surface area contributed by atoms with Gasteiger partial charge in [-0.3, -0.25) is 5.32 Å². The summed E-state index contributed by atoms with van der Waals surface area (Å²) in [6.07, 6.45) is 7.49. The maximum absolute atomic E-state index is 11.3. The SMILES string of the molecule is CC(C)(C)OC(=O)Nc1ccccc1.CCCC.CCCC.CCCC.[Sn]. The van der Waals surface area contributed by atoms with E-state index in [1.54, 1.807) is 0 Å². The average Bonchev–Trinajstić information content (AvgIpc) is 2.61. The Morgan fingerprint density at radius 2 is 1.11 bits per heavy atom. The van der Waals surface area contributed by atoms with Gasteiger partial charge in [0.05, 0.1) is 0 Å². The van der Waals surface area contributed by atoms with Gasteiger partial charge in [0, 0.05) is 29.6 Å². The van der Waals surface area contributed by atoms with E-state index in [0.29, 0.717) is 0 Å². The van der Waals surface area contributed by atoms with E-state index < -0.39 is 11.7 Å². The summed E-state index contributed by atoms with van der Waals surface area (Å²) in [7, 11) is 0. The zero-order valence-electron chi connectivity index (χ0n) is 19.4. The van der Waals surface area contributed by atoms with Crippen LogP contribution in [0, 0.1) is 0 Å². The van der Waals surface area contributed by atoms with Crippen molar-refractivity contribution in [3.63, 3.8) is 0 Å². The van der Waals surface area contributed by atoms with Gasteiger partial charge in [0.1, 0.15) is 5.60 Å². The summed E-state index contributed by atoms with van der Waals surface area (Å²) in [6.45, 7) is 18.6. The number of unbranched alkanes of at least 4 members (excludes halogenated alkanes) is 3. The number of carbonyl (C=O) groups is 1. The third-order valence-electron chi connectivity index (χ3n) is 2.92. The summed E-state index contributed by atoms with van der Waals surface area (Å²) in [5, 5.41) is 2.64. The van der Waals surface area contributed by atoms with Crippen molar-refractivity contribution in [1.82, 2.24) is 0 Å². The van der Waals surface area contributed by atoms with E-state index in [4.69, 9.17) is 4.74 Å². The fraction of sp³-hybridized carbons (Fsp3) is 0.696. The monoisotopic (exact) mass is 487 g/mol. The van der Waals surface area contributed by atoms with Gasteiger partial charge in [0.25, 0.3) is 0 Å². The second-order valence-corrected chi connectivity index (χ2v) is 6.99. The summed E-state index contributed by atoms with van der Waals surface area (Å²) in [4.78, 5) is 11.3. The van der Waals surface area contributed by atoms with E-state index in [0.717, 1.165) is 5.69 Å². The van der Waals surface area contributed by atoms with Crippen LogP contribution in [-0.2, 0) is 4.74 Å². The molecule has 0 atom stereocenters. The van der Waals surface area contributed by atoms with Crippen LogP contribution in [0.15, 0.2) is 30.3 Å². The standard InChI is InChI=1S/C11H15NO2.3C4H10.Sn/c1-11(2,3)14-10(13)12-9-7-5-4-6-8-9;3*1-3-4-2;/h4-8H,1-3H3,(H,12,13);3*3-4H2,1-2H3;. The van der Waals surface area contributed by atoms with E-state index in [2.05, 4.69) is 46.9 Å². The number of hydrogen-bond donors (Lipinski definition) is 1. The second-order valence-electron chi connectivity index (χ2n) is 6.99. The maximum atomic E-state index is 11.3. The van der Waals surface area contributed by atoms with E-state index in [-0.39, 0.29) is 23.9 Å². The average molecular weight is 486 g/mol. The fourth-order valence-corrected chi connectivity index (χ4v) is 0.943. The maximum Gasteiger partial charge on any atom is 0.412 e. The molecule has 0 aromatic heterocycles. The van der Waals surface area contributed by atoms with Crippen molar-refractivity contribution in [1.29, 1.82) is 0 Å². The van der Waals surface area contributed by atoms with Crippen molar-refractivity contribution in [2.24, 2.45) is 0 Å². The van der Waals surface area contributed by atoms with Crippen LogP contribution in [0.1, 0.15) is 101 Å². The summed E-state index contributed by atoms with van der Waals surface area (Å²) >= 11 is 0. The molecule has 1 aromatic carbocycles. The predicted molar refractivity (Wildman–Crippen MR) is 124 cm³/mol. The largest absolute Gasteiger partial charge is 0.444 e. The number of carbonyl (C=O) groups excluding carboxylic acids is 1. The van der Waals surface area contributed by atoms with Gasteiger partial charge in [-0.15, -0.1) is 0 Å². The number of amides is 1. The summed E-state index contributed by atoms with van der Waals surface area (Å²) in [6, 6.07) is 9.22. The quantitative estimate of drug-likeness (QED) is 0.437. The summed E-state index contributed by atoms with van der Waals surface area (Å²) in [5.74, 6) is 0. The molecule has 0 unspecified atom stereocenters. The molecule has 0 saturated heterocycles. The molecule has 1 N–H and O–H groups in total. The Kier molecular flexibility index (Phi) is 31.7. The van der Waals surface area contributed by atoms with E-state index >= 15 is 0 Å². The molecule has 1 rings (SSSR count). The van der Waals surface area contributed by atoms with Gasteiger partial charge < -0.3 is 4.74 Å². The van der Waals surface area contributed by atoms with Crippen molar-refractivity contribution in [3.8, 4) is 0 Å². The van der Waals surface area contributed by atoms with Crippen molar-refractivity contribution >= 4 is 35.7 Å². The number of nitrogens with one attached hydrogen (secondary N) is 1. The number of ether oxygens (including phenoxy) is 1. The molecular weight excluding hydrogens is 441 g/mol. The van der Waals surface area contributed by atoms with E-state index in [9.17, 15) is 4.79 Å². The number of anilines is 1. The predicted octanol–water partition coefficient (Wildman–Crippen LogP) is 8.07. The molecule has 3 nitrogen and oxygen atoms in total. The fourth-order valence-electron chi connectivity index (χ4n) is 0.943. The zero-order valence-corrected chi connectivity index (χ0v) is 22.3. The molecule has 0 saturated carbocycles. The Hall–Kier alpha value is -0.711. The number of rotatable bonds is 4. The summed E-state index contributed by atoms with van der Waals surface area (Å²) < 4.78 is 5.09. The van der Waals surface area contributed by atoms with Crippen LogP contribution >= 0.6 is 0 Å².